The summed E-state index contributed by atoms with van der Waals surface area (Å²) in [5, 5.41) is 10.3. The summed E-state index contributed by atoms with van der Waals surface area (Å²) in [6, 6.07) is 9.10. The molecule has 2 heterocycles. The van der Waals surface area contributed by atoms with Crippen LogP contribution >= 0.6 is 35.3 Å². The van der Waals surface area contributed by atoms with Crippen molar-refractivity contribution in [2.75, 3.05) is 31.1 Å². The lowest BCUT2D eigenvalue weighted by Gasteiger charge is -2.22. The van der Waals surface area contributed by atoms with Crippen LogP contribution in [0.2, 0.25) is 0 Å². The Kier molecular flexibility index (Phi) is 10.2. The number of nitrogens with zero attached hydrogens (tertiary/aromatic N) is 3. The molecule has 2 N–H and O–H groups in total. The Balaban J connectivity index is 0.00000300. The normalized spacial score (nSPS) is 15.1. The molecule has 7 heteroatoms. The molecule has 29 heavy (non-hydrogen) atoms. The van der Waals surface area contributed by atoms with Crippen molar-refractivity contribution in [1.82, 2.24) is 15.6 Å². The molecular weight excluding hydrogens is 493 g/mol. The van der Waals surface area contributed by atoms with Crippen LogP contribution in [0.1, 0.15) is 55.9 Å². The van der Waals surface area contributed by atoms with Crippen molar-refractivity contribution < 1.29 is 0 Å². The van der Waals surface area contributed by atoms with Gasteiger partial charge in [-0.25, -0.2) is 4.98 Å². The number of nitrogens with one attached hydrogen (secondary N) is 2. The Labute approximate surface area is 196 Å². The number of aromatic nitrogens is 1. The summed E-state index contributed by atoms with van der Waals surface area (Å²) >= 11 is 1.74. The third-order valence-corrected chi connectivity index (χ3v) is 6.12. The van der Waals surface area contributed by atoms with Crippen LogP contribution in [0.5, 0.6) is 0 Å². The van der Waals surface area contributed by atoms with Gasteiger partial charge in [0, 0.05) is 43.7 Å². The van der Waals surface area contributed by atoms with Crippen LogP contribution in [-0.2, 0) is 12.8 Å². The van der Waals surface area contributed by atoms with Gasteiger partial charge in [-0.1, -0.05) is 19.1 Å². The maximum absolute atomic E-state index is 4.76. The van der Waals surface area contributed by atoms with Gasteiger partial charge in [-0.3, -0.25) is 4.99 Å². The Morgan fingerprint density at radius 3 is 2.76 bits per heavy atom. The molecule has 1 aliphatic rings. The first-order valence-electron chi connectivity index (χ1n) is 10.5. The summed E-state index contributed by atoms with van der Waals surface area (Å²) in [7, 11) is 0. The van der Waals surface area contributed by atoms with Crippen LogP contribution in [0.25, 0.3) is 0 Å². The maximum atomic E-state index is 4.76. The fourth-order valence-corrected chi connectivity index (χ4v) is 4.26. The summed E-state index contributed by atoms with van der Waals surface area (Å²) in [6.45, 7) is 10.4. The van der Waals surface area contributed by atoms with E-state index in [1.807, 2.05) is 0 Å². The summed E-state index contributed by atoms with van der Waals surface area (Å²) in [5.41, 5.74) is 3.77. The fourth-order valence-electron chi connectivity index (χ4n) is 3.48. The number of guanidine groups is 1. The maximum Gasteiger partial charge on any atom is 0.191 e. The highest BCUT2D eigenvalue weighted by Gasteiger charge is 2.14. The lowest BCUT2D eigenvalue weighted by Crippen LogP contribution is -2.39. The number of hydrogen-bond acceptors (Lipinski definition) is 4. The first kappa shape index (κ1) is 23.9. The predicted octanol–water partition coefficient (Wildman–Crippen LogP) is 4.78. The lowest BCUT2D eigenvalue weighted by atomic mass is 10.1. The Morgan fingerprint density at radius 2 is 2.07 bits per heavy atom. The van der Waals surface area contributed by atoms with Crippen LogP contribution in [0.15, 0.2) is 34.6 Å². The number of aliphatic imine (C=N–C) groups is 1. The SMILES string of the molecule is CCNC(=NCCc1csc(CC)n1)NC(C)c1cccc(N2CCCC2)c1.I. The van der Waals surface area contributed by atoms with Crippen molar-refractivity contribution in [1.29, 1.82) is 0 Å². The van der Waals surface area contributed by atoms with E-state index < -0.39 is 0 Å². The van der Waals surface area contributed by atoms with Crippen LogP contribution < -0.4 is 15.5 Å². The molecular formula is C22H34IN5S. The smallest absolute Gasteiger partial charge is 0.191 e. The van der Waals surface area contributed by atoms with E-state index in [1.165, 1.54) is 42.2 Å². The standard InChI is InChI=1S/C22H33N5S.HI/c1-4-21-26-19(16-28-21)11-12-24-22(23-5-2)25-17(3)18-9-8-10-20(15-18)27-13-6-7-14-27;/h8-10,15-17H,4-7,11-14H2,1-3H3,(H2,23,24,25);1H. The van der Waals surface area contributed by atoms with Gasteiger partial charge in [0.05, 0.1) is 16.7 Å². The zero-order valence-corrected chi connectivity index (χ0v) is 20.9. The highest BCUT2D eigenvalue weighted by molar-refractivity contribution is 14.0. The summed E-state index contributed by atoms with van der Waals surface area (Å²) < 4.78 is 0. The Hall–Kier alpha value is -1.35. The number of benzene rings is 1. The van der Waals surface area contributed by atoms with Crippen LogP contribution in [0.4, 0.5) is 5.69 Å². The first-order chi connectivity index (χ1) is 13.7. The van der Waals surface area contributed by atoms with E-state index in [0.29, 0.717) is 0 Å². The van der Waals surface area contributed by atoms with Crippen molar-refractivity contribution >= 4 is 47.0 Å². The molecule has 0 spiro atoms. The predicted molar refractivity (Wildman–Crippen MR) is 136 cm³/mol. The molecule has 0 aliphatic carbocycles. The van der Waals surface area contributed by atoms with Crippen molar-refractivity contribution in [3.63, 3.8) is 0 Å². The minimum Gasteiger partial charge on any atom is -0.372 e. The molecule has 1 unspecified atom stereocenters. The van der Waals surface area contributed by atoms with Crippen molar-refractivity contribution in [3.8, 4) is 0 Å². The average Bonchev–Trinajstić information content (AvgIpc) is 3.40. The summed E-state index contributed by atoms with van der Waals surface area (Å²) in [5.74, 6) is 0.868. The van der Waals surface area contributed by atoms with Gasteiger partial charge >= 0.3 is 0 Å². The quantitative estimate of drug-likeness (QED) is 0.295. The molecule has 1 atom stereocenters. The minimum absolute atomic E-state index is 0. The summed E-state index contributed by atoms with van der Waals surface area (Å²) in [4.78, 5) is 11.9. The highest BCUT2D eigenvalue weighted by atomic mass is 127. The molecule has 1 saturated heterocycles. The van der Waals surface area contributed by atoms with Gasteiger partial charge < -0.3 is 15.5 Å². The Morgan fingerprint density at radius 1 is 1.28 bits per heavy atom. The average molecular weight is 528 g/mol. The number of anilines is 1. The van der Waals surface area contributed by atoms with Crippen molar-refractivity contribution in [2.45, 2.75) is 52.5 Å². The molecule has 1 fully saturated rings. The third-order valence-electron chi connectivity index (χ3n) is 5.08. The molecule has 1 aromatic carbocycles. The topological polar surface area (TPSA) is 52.6 Å². The molecule has 0 amide bonds. The molecule has 5 nitrogen and oxygen atoms in total. The largest absolute Gasteiger partial charge is 0.372 e. The van der Waals surface area contributed by atoms with Gasteiger partial charge in [-0.15, -0.1) is 35.3 Å². The fraction of sp³-hybridized carbons (Fsp3) is 0.545. The van der Waals surface area contributed by atoms with Gasteiger partial charge in [-0.2, -0.15) is 0 Å². The van der Waals surface area contributed by atoms with Gasteiger partial charge in [0.2, 0.25) is 0 Å². The molecule has 0 radical (unpaired) electrons. The lowest BCUT2D eigenvalue weighted by molar-refractivity contribution is 0.685. The van der Waals surface area contributed by atoms with Gasteiger partial charge in [0.25, 0.3) is 0 Å². The second-order valence-corrected chi connectivity index (χ2v) is 8.19. The monoisotopic (exact) mass is 527 g/mol. The molecule has 160 valence electrons. The van der Waals surface area contributed by atoms with E-state index in [-0.39, 0.29) is 30.0 Å². The second-order valence-electron chi connectivity index (χ2n) is 7.25. The molecule has 2 aromatic rings. The number of aryl methyl sites for hydroxylation is 1. The zero-order chi connectivity index (χ0) is 19.8. The van der Waals surface area contributed by atoms with Crippen LogP contribution in [0, 0.1) is 0 Å². The van der Waals surface area contributed by atoms with E-state index in [0.717, 1.165) is 37.6 Å². The van der Waals surface area contributed by atoms with Crippen molar-refractivity contribution in [2.24, 2.45) is 4.99 Å². The van der Waals surface area contributed by atoms with Gasteiger partial charge in [0.1, 0.15) is 0 Å². The third kappa shape index (κ3) is 7.13. The number of hydrogen-bond donors (Lipinski definition) is 2. The van der Waals surface area contributed by atoms with Crippen molar-refractivity contribution in [3.05, 3.63) is 45.9 Å². The number of halogens is 1. The van der Waals surface area contributed by atoms with Crippen LogP contribution in [-0.4, -0.2) is 37.1 Å². The number of thiazole rings is 1. The summed E-state index contributed by atoms with van der Waals surface area (Å²) in [6.07, 6.45) is 4.49. The second kappa shape index (κ2) is 12.4. The molecule has 0 saturated carbocycles. The molecule has 1 aromatic heterocycles. The van der Waals surface area contributed by atoms with Gasteiger partial charge in [-0.05, 0) is 50.8 Å². The highest BCUT2D eigenvalue weighted by Crippen LogP contribution is 2.24. The molecule has 1 aliphatic heterocycles. The molecule has 3 rings (SSSR count). The molecule has 0 bridgehead atoms. The minimum atomic E-state index is 0. The van der Waals surface area contributed by atoms with E-state index in [1.54, 1.807) is 11.3 Å². The zero-order valence-electron chi connectivity index (χ0n) is 17.8. The van der Waals surface area contributed by atoms with Crippen LogP contribution in [0.3, 0.4) is 0 Å². The van der Waals surface area contributed by atoms with E-state index >= 15 is 0 Å². The first-order valence-corrected chi connectivity index (χ1v) is 11.4. The van der Waals surface area contributed by atoms with E-state index in [4.69, 9.17) is 4.99 Å². The van der Waals surface area contributed by atoms with E-state index in [9.17, 15) is 0 Å². The number of rotatable bonds is 8. The van der Waals surface area contributed by atoms with E-state index in [2.05, 4.69) is 70.9 Å². The van der Waals surface area contributed by atoms with Gasteiger partial charge in [0.15, 0.2) is 5.96 Å². The Bertz CT molecular complexity index is 770.